The van der Waals surface area contributed by atoms with Crippen LogP contribution in [0.2, 0.25) is 10.0 Å². The molecule has 0 fully saturated rings. The monoisotopic (exact) mass is 369 g/mol. The van der Waals surface area contributed by atoms with Crippen molar-refractivity contribution in [1.29, 1.82) is 0 Å². The molecule has 122 valence electrons. The van der Waals surface area contributed by atoms with Crippen LogP contribution < -0.4 is 10.1 Å². The van der Waals surface area contributed by atoms with Gasteiger partial charge in [-0.1, -0.05) is 35.3 Å². The lowest BCUT2D eigenvalue weighted by Gasteiger charge is -2.13. The van der Waals surface area contributed by atoms with Crippen LogP contribution in [0.3, 0.4) is 0 Å². The molecular formula is C17H17Cl2NO2S. The molecule has 0 aliphatic rings. The van der Waals surface area contributed by atoms with Crippen LogP contribution in [0.15, 0.2) is 47.4 Å². The van der Waals surface area contributed by atoms with E-state index in [4.69, 9.17) is 27.9 Å². The third-order valence-corrected chi connectivity index (χ3v) is 5.03. The van der Waals surface area contributed by atoms with Crippen LogP contribution in [-0.2, 0) is 11.3 Å². The number of nitrogens with one attached hydrogen (secondary N) is 1. The molecular weight excluding hydrogens is 353 g/mol. The molecule has 3 nitrogen and oxygen atoms in total. The van der Waals surface area contributed by atoms with Crippen molar-refractivity contribution in [3.05, 3.63) is 58.1 Å². The number of hydrogen-bond donors (Lipinski definition) is 1. The van der Waals surface area contributed by atoms with E-state index in [9.17, 15) is 4.79 Å². The van der Waals surface area contributed by atoms with Crippen molar-refractivity contribution in [3.63, 3.8) is 0 Å². The minimum absolute atomic E-state index is 0.0538. The molecule has 0 saturated heterocycles. The summed E-state index contributed by atoms with van der Waals surface area (Å²) in [5, 5.41) is 3.83. The smallest absolute Gasteiger partial charge is 0.233 e. The Morgan fingerprint density at radius 2 is 1.91 bits per heavy atom. The number of hydrogen-bond acceptors (Lipinski definition) is 3. The topological polar surface area (TPSA) is 38.3 Å². The SMILES string of the molecule is COc1ccc(CNC(=O)C(C)Sc2cc(Cl)ccc2Cl)cc1. The fourth-order valence-corrected chi connectivity index (χ4v) is 3.32. The Labute approximate surface area is 150 Å². The molecule has 0 heterocycles. The predicted molar refractivity (Wildman–Crippen MR) is 96.6 cm³/mol. The van der Waals surface area contributed by atoms with Crippen LogP contribution in [0.5, 0.6) is 5.75 Å². The highest BCUT2D eigenvalue weighted by Crippen LogP contribution is 2.32. The van der Waals surface area contributed by atoms with E-state index in [0.717, 1.165) is 16.2 Å². The molecule has 2 rings (SSSR count). The number of ether oxygens (including phenoxy) is 1. The highest BCUT2D eigenvalue weighted by Gasteiger charge is 2.16. The maximum absolute atomic E-state index is 12.2. The third kappa shape index (κ3) is 5.34. The Morgan fingerprint density at radius 3 is 2.57 bits per heavy atom. The van der Waals surface area contributed by atoms with Gasteiger partial charge in [0.25, 0.3) is 0 Å². The molecule has 0 aliphatic heterocycles. The molecule has 0 aliphatic carbocycles. The number of carbonyl (C=O) groups excluding carboxylic acids is 1. The minimum Gasteiger partial charge on any atom is -0.497 e. The second-order valence-electron chi connectivity index (χ2n) is 4.90. The van der Waals surface area contributed by atoms with Gasteiger partial charge in [-0.05, 0) is 42.8 Å². The summed E-state index contributed by atoms with van der Waals surface area (Å²) in [5.74, 6) is 0.737. The fourth-order valence-electron chi connectivity index (χ4n) is 1.89. The molecule has 2 aromatic rings. The first-order chi connectivity index (χ1) is 11.0. The highest BCUT2D eigenvalue weighted by molar-refractivity contribution is 8.00. The first-order valence-corrected chi connectivity index (χ1v) is 8.65. The summed E-state index contributed by atoms with van der Waals surface area (Å²) in [6.45, 7) is 2.31. The summed E-state index contributed by atoms with van der Waals surface area (Å²) in [4.78, 5) is 13.0. The summed E-state index contributed by atoms with van der Waals surface area (Å²) >= 11 is 13.5. The summed E-state index contributed by atoms with van der Waals surface area (Å²) in [6, 6.07) is 12.8. The van der Waals surface area contributed by atoms with Gasteiger partial charge in [-0.2, -0.15) is 0 Å². The van der Waals surface area contributed by atoms with Crippen LogP contribution in [0, 0.1) is 0 Å². The van der Waals surface area contributed by atoms with Crippen molar-refractivity contribution >= 4 is 40.9 Å². The normalized spacial score (nSPS) is 11.8. The Morgan fingerprint density at radius 1 is 1.22 bits per heavy atom. The summed E-state index contributed by atoms with van der Waals surface area (Å²) in [7, 11) is 1.62. The molecule has 0 aromatic heterocycles. The maximum Gasteiger partial charge on any atom is 0.233 e. The number of benzene rings is 2. The molecule has 1 atom stereocenters. The van der Waals surface area contributed by atoms with Gasteiger partial charge in [-0.15, -0.1) is 11.8 Å². The van der Waals surface area contributed by atoms with Gasteiger partial charge in [0.05, 0.1) is 17.4 Å². The molecule has 0 radical (unpaired) electrons. The lowest BCUT2D eigenvalue weighted by molar-refractivity contribution is -0.120. The van der Waals surface area contributed by atoms with Gasteiger partial charge in [0.2, 0.25) is 5.91 Å². The number of carbonyl (C=O) groups is 1. The average molecular weight is 370 g/mol. The quantitative estimate of drug-likeness (QED) is 0.743. The van der Waals surface area contributed by atoms with Crippen molar-refractivity contribution in [1.82, 2.24) is 5.32 Å². The van der Waals surface area contributed by atoms with Crippen molar-refractivity contribution < 1.29 is 9.53 Å². The lowest BCUT2D eigenvalue weighted by atomic mass is 10.2. The van der Waals surface area contributed by atoms with Crippen LogP contribution in [-0.4, -0.2) is 18.3 Å². The molecule has 0 spiro atoms. The Hall–Kier alpha value is -1.36. The molecule has 1 N–H and O–H groups in total. The van der Waals surface area contributed by atoms with E-state index in [1.165, 1.54) is 11.8 Å². The van der Waals surface area contributed by atoms with Gasteiger partial charge >= 0.3 is 0 Å². The van der Waals surface area contributed by atoms with E-state index in [-0.39, 0.29) is 11.2 Å². The number of methoxy groups -OCH3 is 1. The van der Waals surface area contributed by atoms with Crippen LogP contribution in [0.25, 0.3) is 0 Å². The van der Waals surface area contributed by atoms with E-state index >= 15 is 0 Å². The van der Waals surface area contributed by atoms with E-state index in [1.54, 1.807) is 25.3 Å². The Bertz CT molecular complexity index is 677. The van der Waals surface area contributed by atoms with Crippen molar-refractivity contribution in [2.45, 2.75) is 23.6 Å². The summed E-state index contributed by atoms with van der Waals surface area (Å²) < 4.78 is 5.11. The molecule has 1 unspecified atom stereocenters. The lowest BCUT2D eigenvalue weighted by Crippen LogP contribution is -2.30. The minimum atomic E-state index is -0.274. The van der Waals surface area contributed by atoms with Gasteiger partial charge in [-0.25, -0.2) is 0 Å². The molecule has 2 aromatic carbocycles. The largest absolute Gasteiger partial charge is 0.497 e. The van der Waals surface area contributed by atoms with E-state index in [1.807, 2.05) is 31.2 Å². The van der Waals surface area contributed by atoms with Crippen LogP contribution in [0.4, 0.5) is 0 Å². The zero-order valence-corrected chi connectivity index (χ0v) is 15.1. The third-order valence-electron chi connectivity index (χ3n) is 3.19. The van der Waals surface area contributed by atoms with E-state index in [2.05, 4.69) is 5.32 Å². The van der Waals surface area contributed by atoms with Crippen molar-refractivity contribution in [2.24, 2.45) is 0 Å². The average Bonchev–Trinajstić information content (AvgIpc) is 2.56. The van der Waals surface area contributed by atoms with Crippen LogP contribution >= 0.6 is 35.0 Å². The predicted octanol–water partition coefficient (Wildman–Crippen LogP) is 4.80. The van der Waals surface area contributed by atoms with E-state index in [0.29, 0.717) is 16.6 Å². The first-order valence-electron chi connectivity index (χ1n) is 7.02. The van der Waals surface area contributed by atoms with Gasteiger partial charge in [0, 0.05) is 16.5 Å². The van der Waals surface area contributed by atoms with Gasteiger partial charge in [-0.3, -0.25) is 4.79 Å². The summed E-state index contributed by atoms with van der Waals surface area (Å²) in [5.41, 5.74) is 1.01. The highest BCUT2D eigenvalue weighted by atomic mass is 35.5. The van der Waals surface area contributed by atoms with Gasteiger partial charge < -0.3 is 10.1 Å². The second-order valence-corrected chi connectivity index (χ2v) is 7.13. The van der Waals surface area contributed by atoms with Crippen LogP contribution in [0.1, 0.15) is 12.5 Å². The maximum atomic E-state index is 12.2. The van der Waals surface area contributed by atoms with Crippen molar-refractivity contribution in [3.8, 4) is 5.75 Å². The molecule has 6 heteroatoms. The standard InChI is InChI=1S/C17H17Cl2NO2S/c1-11(23-16-9-13(18)5-8-15(16)19)17(21)20-10-12-3-6-14(22-2)7-4-12/h3-9,11H,10H2,1-2H3,(H,20,21). The number of amides is 1. The zero-order valence-electron chi connectivity index (χ0n) is 12.8. The molecule has 1 amide bonds. The Kier molecular flexibility index (Phi) is 6.63. The van der Waals surface area contributed by atoms with Crippen molar-refractivity contribution in [2.75, 3.05) is 7.11 Å². The first kappa shape index (κ1) is 18.0. The number of halogens is 2. The number of thioether (sulfide) groups is 1. The molecule has 0 saturated carbocycles. The van der Waals surface area contributed by atoms with Gasteiger partial charge in [0.1, 0.15) is 5.75 Å². The van der Waals surface area contributed by atoms with E-state index < -0.39 is 0 Å². The number of rotatable bonds is 6. The summed E-state index contributed by atoms with van der Waals surface area (Å²) in [6.07, 6.45) is 0. The fraction of sp³-hybridized carbons (Fsp3) is 0.235. The Balaban J connectivity index is 1.90. The molecule has 23 heavy (non-hydrogen) atoms. The zero-order chi connectivity index (χ0) is 16.8. The molecule has 0 bridgehead atoms. The van der Waals surface area contributed by atoms with Gasteiger partial charge in [0.15, 0.2) is 0 Å². The second kappa shape index (κ2) is 8.48.